The highest BCUT2D eigenvalue weighted by Crippen LogP contribution is 2.34. The molecule has 0 N–H and O–H groups in total. The van der Waals surface area contributed by atoms with Gasteiger partial charge in [-0.05, 0) is 6.07 Å². The molecular weight excluding hydrogens is 174 g/mol. The Morgan fingerprint density at radius 1 is 1.42 bits per heavy atom. The maximum absolute atomic E-state index is 11.4. The predicted octanol–water partition coefficient (Wildman–Crippen LogP) is 2.01. The van der Waals surface area contributed by atoms with E-state index in [1.54, 1.807) is 13.1 Å². The topological polar surface area (TPSA) is 20.3 Å². The van der Waals surface area contributed by atoms with Gasteiger partial charge in [0.25, 0.3) is 5.91 Å². The maximum atomic E-state index is 11.4. The molecule has 0 saturated carbocycles. The zero-order valence-electron chi connectivity index (χ0n) is 6.62. The van der Waals surface area contributed by atoms with Crippen LogP contribution in [0.15, 0.2) is 24.3 Å². The summed E-state index contributed by atoms with van der Waals surface area (Å²) >= 11 is 5.99. The molecule has 0 spiro atoms. The van der Waals surface area contributed by atoms with Gasteiger partial charge in [-0.25, -0.2) is 0 Å². The molecule has 0 aliphatic carbocycles. The van der Waals surface area contributed by atoms with Crippen LogP contribution < -0.4 is 0 Å². The van der Waals surface area contributed by atoms with Crippen molar-refractivity contribution in [2.75, 3.05) is 7.05 Å². The second-order valence-corrected chi connectivity index (χ2v) is 3.25. The second kappa shape index (κ2) is 2.49. The van der Waals surface area contributed by atoms with Crippen molar-refractivity contribution in [2.45, 2.75) is 5.50 Å². The number of fused-ring (bicyclic) bond motifs is 1. The second-order valence-electron chi connectivity index (χ2n) is 2.84. The fourth-order valence-corrected chi connectivity index (χ4v) is 1.68. The standard InChI is InChI=1S/C9H8ClNO/c1-11-8(10)6-4-2-3-5-7(6)9(11)12/h2-5,8H,1H3. The van der Waals surface area contributed by atoms with Gasteiger partial charge in [0.1, 0.15) is 5.50 Å². The number of nitrogens with zero attached hydrogens (tertiary/aromatic N) is 1. The lowest BCUT2D eigenvalue weighted by molar-refractivity contribution is 0.0810. The number of hydrogen-bond acceptors (Lipinski definition) is 1. The minimum Gasteiger partial charge on any atom is -0.321 e. The van der Waals surface area contributed by atoms with E-state index in [1.807, 2.05) is 18.2 Å². The van der Waals surface area contributed by atoms with Crippen molar-refractivity contribution < 1.29 is 4.79 Å². The molecule has 0 fully saturated rings. The van der Waals surface area contributed by atoms with Gasteiger partial charge in [-0.2, -0.15) is 0 Å². The molecule has 1 amide bonds. The Morgan fingerprint density at radius 2 is 2.08 bits per heavy atom. The Balaban J connectivity index is 2.59. The molecule has 0 aromatic heterocycles. The van der Waals surface area contributed by atoms with E-state index in [9.17, 15) is 4.79 Å². The summed E-state index contributed by atoms with van der Waals surface area (Å²) in [7, 11) is 1.71. The SMILES string of the molecule is CN1C(=O)c2ccccc2C1Cl. The van der Waals surface area contributed by atoms with Crippen LogP contribution in [0.4, 0.5) is 0 Å². The van der Waals surface area contributed by atoms with Crippen molar-refractivity contribution >= 4 is 17.5 Å². The first kappa shape index (κ1) is 7.62. The van der Waals surface area contributed by atoms with E-state index in [0.717, 1.165) is 11.1 Å². The fraction of sp³-hybridized carbons (Fsp3) is 0.222. The number of halogens is 1. The fourth-order valence-electron chi connectivity index (χ4n) is 1.40. The van der Waals surface area contributed by atoms with Crippen LogP contribution in [0.5, 0.6) is 0 Å². The van der Waals surface area contributed by atoms with E-state index < -0.39 is 0 Å². The molecule has 0 bridgehead atoms. The number of carbonyl (C=O) groups is 1. The molecule has 62 valence electrons. The van der Waals surface area contributed by atoms with Gasteiger partial charge < -0.3 is 4.90 Å². The lowest BCUT2D eigenvalue weighted by Crippen LogP contribution is -2.19. The van der Waals surface area contributed by atoms with Gasteiger partial charge in [-0.15, -0.1) is 0 Å². The average molecular weight is 182 g/mol. The van der Waals surface area contributed by atoms with Gasteiger partial charge in [-0.1, -0.05) is 29.8 Å². The van der Waals surface area contributed by atoms with Crippen LogP contribution >= 0.6 is 11.6 Å². The van der Waals surface area contributed by atoms with E-state index >= 15 is 0 Å². The number of amides is 1. The molecule has 1 unspecified atom stereocenters. The number of benzene rings is 1. The van der Waals surface area contributed by atoms with Crippen molar-refractivity contribution in [3.05, 3.63) is 35.4 Å². The largest absolute Gasteiger partial charge is 0.321 e. The first-order valence-electron chi connectivity index (χ1n) is 3.72. The number of carbonyl (C=O) groups excluding carboxylic acids is 1. The Labute approximate surface area is 75.7 Å². The summed E-state index contributed by atoms with van der Waals surface area (Å²) in [5, 5.41) is 0. The summed E-state index contributed by atoms with van der Waals surface area (Å²) in [4.78, 5) is 13.0. The monoisotopic (exact) mass is 181 g/mol. The summed E-state index contributed by atoms with van der Waals surface area (Å²) in [5.41, 5.74) is 1.33. The van der Waals surface area contributed by atoms with Crippen LogP contribution in [0.2, 0.25) is 0 Å². The van der Waals surface area contributed by atoms with Crippen LogP contribution in [0.3, 0.4) is 0 Å². The molecule has 3 heteroatoms. The molecule has 1 aromatic rings. The molecule has 2 nitrogen and oxygen atoms in total. The first-order chi connectivity index (χ1) is 5.72. The molecule has 0 radical (unpaired) electrons. The highest BCUT2D eigenvalue weighted by atomic mass is 35.5. The Bertz CT molecular complexity index is 337. The minimum absolute atomic E-state index is 0.00519. The molecule has 1 atom stereocenters. The van der Waals surface area contributed by atoms with E-state index in [2.05, 4.69) is 0 Å². The normalized spacial score (nSPS) is 21.3. The third kappa shape index (κ3) is 0.847. The number of rotatable bonds is 0. The van der Waals surface area contributed by atoms with Crippen molar-refractivity contribution in [3.63, 3.8) is 0 Å². The zero-order chi connectivity index (χ0) is 8.72. The van der Waals surface area contributed by atoms with Crippen molar-refractivity contribution in [2.24, 2.45) is 0 Å². The summed E-state index contributed by atoms with van der Waals surface area (Å²) in [5.74, 6) is 0.00519. The highest BCUT2D eigenvalue weighted by Gasteiger charge is 2.31. The van der Waals surface area contributed by atoms with Crippen LogP contribution in [-0.4, -0.2) is 17.9 Å². The highest BCUT2D eigenvalue weighted by molar-refractivity contribution is 6.24. The zero-order valence-corrected chi connectivity index (χ0v) is 7.38. The van der Waals surface area contributed by atoms with Gasteiger partial charge in [0.15, 0.2) is 0 Å². The summed E-state index contributed by atoms with van der Waals surface area (Å²) in [6.07, 6.45) is 0. The van der Waals surface area contributed by atoms with E-state index in [1.165, 1.54) is 4.90 Å². The maximum Gasteiger partial charge on any atom is 0.255 e. The lowest BCUT2D eigenvalue weighted by Gasteiger charge is -2.12. The van der Waals surface area contributed by atoms with Crippen LogP contribution in [0.25, 0.3) is 0 Å². The number of alkyl halides is 1. The van der Waals surface area contributed by atoms with Gasteiger partial charge in [-0.3, -0.25) is 4.79 Å². The molecule has 2 rings (SSSR count). The smallest absolute Gasteiger partial charge is 0.255 e. The third-order valence-electron chi connectivity index (χ3n) is 2.11. The Kier molecular flexibility index (Phi) is 1.58. The molecule has 1 heterocycles. The Hall–Kier alpha value is -1.02. The van der Waals surface area contributed by atoms with E-state index in [0.29, 0.717) is 0 Å². The third-order valence-corrected chi connectivity index (χ3v) is 2.64. The van der Waals surface area contributed by atoms with E-state index in [4.69, 9.17) is 11.6 Å². The van der Waals surface area contributed by atoms with Gasteiger partial charge in [0.05, 0.1) is 0 Å². The summed E-state index contributed by atoms with van der Waals surface area (Å²) in [6.45, 7) is 0. The van der Waals surface area contributed by atoms with Gasteiger partial charge >= 0.3 is 0 Å². The molecule has 1 aliphatic rings. The molecule has 0 saturated heterocycles. The lowest BCUT2D eigenvalue weighted by atomic mass is 10.1. The van der Waals surface area contributed by atoms with E-state index in [-0.39, 0.29) is 11.4 Å². The molecule has 1 aromatic carbocycles. The van der Waals surface area contributed by atoms with Crippen LogP contribution in [-0.2, 0) is 0 Å². The summed E-state index contributed by atoms with van der Waals surface area (Å²) in [6, 6.07) is 7.42. The van der Waals surface area contributed by atoms with Gasteiger partial charge in [0.2, 0.25) is 0 Å². The van der Waals surface area contributed by atoms with Crippen molar-refractivity contribution in [3.8, 4) is 0 Å². The van der Waals surface area contributed by atoms with Crippen molar-refractivity contribution in [1.82, 2.24) is 4.90 Å². The van der Waals surface area contributed by atoms with Crippen LogP contribution in [0.1, 0.15) is 21.4 Å². The minimum atomic E-state index is -0.298. The predicted molar refractivity (Wildman–Crippen MR) is 47.1 cm³/mol. The Morgan fingerprint density at radius 3 is 2.75 bits per heavy atom. The molecule has 12 heavy (non-hydrogen) atoms. The molecule has 1 aliphatic heterocycles. The van der Waals surface area contributed by atoms with Crippen LogP contribution in [0, 0.1) is 0 Å². The average Bonchev–Trinajstić information content (AvgIpc) is 2.33. The van der Waals surface area contributed by atoms with Gasteiger partial charge in [0, 0.05) is 18.2 Å². The number of hydrogen-bond donors (Lipinski definition) is 0. The quantitative estimate of drug-likeness (QED) is 0.443. The first-order valence-corrected chi connectivity index (χ1v) is 4.15. The molecular formula is C9H8ClNO. The summed E-state index contributed by atoms with van der Waals surface area (Å²) < 4.78 is 0. The van der Waals surface area contributed by atoms with Crippen molar-refractivity contribution in [1.29, 1.82) is 0 Å².